The number of nitro groups is 1. The molecule has 0 saturated heterocycles. The molecule has 0 unspecified atom stereocenters. The van der Waals surface area contributed by atoms with E-state index >= 15 is 0 Å². The fourth-order valence-electron chi connectivity index (χ4n) is 3.00. The predicted octanol–water partition coefficient (Wildman–Crippen LogP) is 4.68. The SMILES string of the molecule is O=C1c2ccc(Cl)c3c(Cl)ccc(c23)C(=O)N1/N=C/c1ccc([N+](=O)[O-])cc1. The van der Waals surface area contributed by atoms with Crippen molar-refractivity contribution in [2.75, 3.05) is 0 Å². The average molecular weight is 414 g/mol. The van der Waals surface area contributed by atoms with Gasteiger partial charge in [0.05, 0.1) is 22.3 Å². The van der Waals surface area contributed by atoms with Crippen molar-refractivity contribution in [2.24, 2.45) is 5.10 Å². The summed E-state index contributed by atoms with van der Waals surface area (Å²) < 4.78 is 0. The van der Waals surface area contributed by atoms with Crippen LogP contribution in [0.1, 0.15) is 26.3 Å². The summed E-state index contributed by atoms with van der Waals surface area (Å²) in [6, 6.07) is 11.7. The Kier molecular flexibility index (Phi) is 4.33. The van der Waals surface area contributed by atoms with E-state index in [2.05, 4.69) is 5.10 Å². The Labute approximate surface area is 167 Å². The van der Waals surface area contributed by atoms with Crippen molar-refractivity contribution in [3.8, 4) is 0 Å². The number of nitro benzene ring substituents is 1. The highest BCUT2D eigenvalue weighted by Crippen LogP contribution is 2.38. The zero-order valence-electron chi connectivity index (χ0n) is 13.9. The Morgan fingerprint density at radius 2 is 1.39 bits per heavy atom. The third-order valence-corrected chi connectivity index (χ3v) is 4.96. The van der Waals surface area contributed by atoms with Gasteiger partial charge in [0.25, 0.3) is 17.5 Å². The number of benzene rings is 3. The molecule has 0 aromatic heterocycles. The van der Waals surface area contributed by atoms with Gasteiger partial charge in [-0.2, -0.15) is 10.1 Å². The molecule has 0 spiro atoms. The summed E-state index contributed by atoms with van der Waals surface area (Å²) in [5, 5.41) is 17.0. The van der Waals surface area contributed by atoms with Gasteiger partial charge in [-0.25, -0.2) is 0 Å². The summed E-state index contributed by atoms with van der Waals surface area (Å²) in [7, 11) is 0. The smallest absolute Gasteiger partial charge is 0.267 e. The van der Waals surface area contributed by atoms with Crippen molar-refractivity contribution in [1.82, 2.24) is 5.01 Å². The van der Waals surface area contributed by atoms with Gasteiger partial charge in [0.1, 0.15) is 0 Å². The molecule has 0 fully saturated rings. The number of non-ortho nitro benzene ring substituents is 1. The topological polar surface area (TPSA) is 92.9 Å². The first-order chi connectivity index (χ1) is 13.4. The summed E-state index contributed by atoms with van der Waals surface area (Å²) in [4.78, 5) is 35.8. The van der Waals surface area contributed by atoms with E-state index < -0.39 is 16.7 Å². The van der Waals surface area contributed by atoms with Gasteiger partial charge >= 0.3 is 0 Å². The molecule has 138 valence electrons. The largest absolute Gasteiger partial charge is 0.282 e. The van der Waals surface area contributed by atoms with E-state index in [9.17, 15) is 19.7 Å². The normalized spacial score (nSPS) is 13.6. The van der Waals surface area contributed by atoms with Crippen molar-refractivity contribution >= 4 is 57.7 Å². The Hall–Kier alpha value is -3.29. The maximum absolute atomic E-state index is 12.8. The van der Waals surface area contributed by atoms with Gasteiger partial charge < -0.3 is 0 Å². The first kappa shape index (κ1) is 18.1. The Bertz CT molecular complexity index is 1150. The second-order valence-electron chi connectivity index (χ2n) is 5.96. The maximum atomic E-state index is 12.8. The molecule has 1 aliphatic rings. The van der Waals surface area contributed by atoms with Gasteiger partial charge in [0.2, 0.25) is 0 Å². The number of hydrogen-bond donors (Lipinski definition) is 0. The van der Waals surface area contributed by atoms with E-state index in [0.29, 0.717) is 26.4 Å². The van der Waals surface area contributed by atoms with Crippen LogP contribution in [-0.4, -0.2) is 28.0 Å². The van der Waals surface area contributed by atoms with E-state index in [4.69, 9.17) is 23.2 Å². The van der Waals surface area contributed by atoms with Gasteiger partial charge in [-0.05, 0) is 42.0 Å². The number of hydrazone groups is 1. The highest BCUT2D eigenvalue weighted by atomic mass is 35.5. The molecule has 7 nitrogen and oxygen atoms in total. The molecule has 2 amide bonds. The van der Waals surface area contributed by atoms with Crippen molar-refractivity contribution in [3.05, 3.63) is 85.4 Å². The number of amides is 2. The first-order valence-electron chi connectivity index (χ1n) is 7.96. The molecule has 0 N–H and O–H groups in total. The fraction of sp³-hybridized carbons (Fsp3) is 0. The monoisotopic (exact) mass is 413 g/mol. The van der Waals surface area contributed by atoms with Gasteiger partial charge in [0.15, 0.2) is 0 Å². The molecule has 3 aromatic carbocycles. The molecule has 9 heteroatoms. The molecule has 3 aromatic rings. The summed E-state index contributed by atoms with van der Waals surface area (Å²) >= 11 is 12.4. The third kappa shape index (κ3) is 2.81. The average Bonchev–Trinajstić information content (AvgIpc) is 2.67. The molecule has 0 radical (unpaired) electrons. The van der Waals surface area contributed by atoms with E-state index in [1.54, 1.807) is 12.1 Å². The first-order valence-corrected chi connectivity index (χ1v) is 8.72. The Morgan fingerprint density at radius 3 is 1.89 bits per heavy atom. The van der Waals surface area contributed by atoms with E-state index in [1.807, 2.05) is 0 Å². The lowest BCUT2D eigenvalue weighted by Gasteiger charge is -2.23. The molecule has 1 aliphatic heterocycles. The van der Waals surface area contributed by atoms with Crippen LogP contribution < -0.4 is 0 Å². The Balaban J connectivity index is 1.76. The van der Waals surface area contributed by atoms with E-state index in [-0.39, 0.29) is 16.8 Å². The molecular weight excluding hydrogens is 405 g/mol. The summed E-state index contributed by atoms with van der Waals surface area (Å²) in [5.74, 6) is -1.22. The molecule has 0 aliphatic carbocycles. The zero-order chi connectivity index (χ0) is 20.0. The van der Waals surface area contributed by atoms with Crippen LogP contribution in [0.2, 0.25) is 10.0 Å². The van der Waals surface area contributed by atoms with Gasteiger partial charge in [-0.1, -0.05) is 23.2 Å². The van der Waals surface area contributed by atoms with Gasteiger partial charge in [0, 0.05) is 33.0 Å². The zero-order valence-corrected chi connectivity index (χ0v) is 15.4. The second-order valence-corrected chi connectivity index (χ2v) is 6.77. The molecule has 28 heavy (non-hydrogen) atoms. The van der Waals surface area contributed by atoms with Crippen LogP contribution in [0.3, 0.4) is 0 Å². The number of hydrogen-bond acceptors (Lipinski definition) is 5. The number of halogens is 2. The van der Waals surface area contributed by atoms with Gasteiger partial charge in [-0.3, -0.25) is 19.7 Å². The lowest BCUT2D eigenvalue weighted by atomic mass is 9.95. The molecule has 4 rings (SSSR count). The minimum Gasteiger partial charge on any atom is -0.267 e. The number of nitrogens with zero attached hydrogens (tertiary/aromatic N) is 3. The van der Waals surface area contributed by atoms with E-state index in [0.717, 1.165) is 5.01 Å². The highest BCUT2D eigenvalue weighted by molar-refractivity contribution is 6.44. The van der Waals surface area contributed by atoms with Crippen molar-refractivity contribution in [3.63, 3.8) is 0 Å². The number of rotatable bonds is 3. The van der Waals surface area contributed by atoms with Crippen LogP contribution in [0.15, 0.2) is 53.6 Å². The molecule has 0 saturated carbocycles. The third-order valence-electron chi connectivity index (χ3n) is 4.33. The standard InChI is InChI=1S/C19H9Cl2N3O4/c20-14-7-5-12-16-13(6-8-15(21)17(14)16)19(26)23(18(12)25)22-9-10-1-3-11(4-2-10)24(27)28/h1-9H/b22-9+. The maximum Gasteiger partial charge on any atom is 0.282 e. The molecule has 1 heterocycles. The van der Waals surface area contributed by atoms with E-state index in [1.165, 1.54) is 42.6 Å². The van der Waals surface area contributed by atoms with Crippen LogP contribution in [0.4, 0.5) is 5.69 Å². The van der Waals surface area contributed by atoms with Crippen molar-refractivity contribution in [2.45, 2.75) is 0 Å². The van der Waals surface area contributed by atoms with Gasteiger partial charge in [-0.15, -0.1) is 0 Å². The summed E-state index contributed by atoms with van der Waals surface area (Å²) in [6.07, 6.45) is 1.29. The molecule has 0 bridgehead atoms. The number of carbonyl (C=O) groups is 2. The highest BCUT2D eigenvalue weighted by Gasteiger charge is 2.34. The summed E-state index contributed by atoms with van der Waals surface area (Å²) in [6.45, 7) is 0. The van der Waals surface area contributed by atoms with Crippen molar-refractivity contribution < 1.29 is 14.5 Å². The number of imide groups is 1. The van der Waals surface area contributed by atoms with Crippen LogP contribution in [-0.2, 0) is 0 Å². The van der Waals surface area contributed by atoms with Crippen molar-refractivity contribution in [1.29, 1.82) is 0 Å². The van der Waals surface area contributed by atoms with Crippen LogP contribution in [0.5, 0.6) is 0 Å². The lowest BCUT2D eigenvalue weighted by Crippen LogP contribution is -2.36. The van der Waals surface area contributed by atoms with Crippen LogP contribution in [0, 0.1) is 10.1 Å². The molecule has 0 atom stereocenters. The van der Waals surface area contributed by atoms with Crippen LogP contribution >= 0.6 is 23.2 Å². The lowest BCUT2D eigenvalue weighted by molar-refractivity contribution is -0.384. The quantitative estimate of drug-likeness (QED) is 0.269. The predicted molar refractivity (Wildman–Crippen MR) is 105 cm³/mol. The minimum absolute atomic E-state index is 0.0726. The minimum atomic E-state index is -0.611. The van der Waals surface area contributed by atoms with Crippen LogP contribution in [0.25, 0.3) is 10.8 Å². The summed E-state index contributed by atoms with van der Waals surface area (Å²) in [5.41, 5.74) is 0.945. The molecular formula is C19H9Cl2N3O4. The second kappa shape index (κ2) is 6.70. The number of carbonyl (C=O) groups excluding carboxylic acids is 2. The Morgan fingerprint density at radius 1 is 0.857 bits per heavy atom. The fourth-order valence-corrected chi connectivity index (χ4v) is 3.57.